The van der Waals surface area contributed by atoms with Gasteiger partial charge >= 0.3 is 0 Å². The molecule has 0 radical (unpaired) electrons. The van der Waals surface area contributed by atoms with Gasteiger partial charge in [-0.05, 0) is 68.6 Å². The first kappa shape index (κ1) is 11.9. The molecule has 1 aliphatic heterocycles. The molecular formula is C15H25NOS. The Morgan fingerprint density at radius 3 is 2.06 bits per heavy atom. The fraction of sp³-hybridized carbons (Fsp3) is 1.00. The van der Waals surface area contributed by atoms with Crippen molar-refractivity contribution in [3.05, 3.63) is 0 Å². The smallest absolute Gasteiger partial charge is 0.0394 e. The Balaban J connectivity index is 1.61. The minimum Gasteiger partial charge on any atom is -0.309 e. The highest BCUT2D eigenvalue weighted by atomic mass is 32.2. The van der Waals surface area contributed by atoms with Crippen molar-refractivity contribution in [2.75, 3.05) is 11.5 Å². The topological polar surface area (TPSA) is 29.1 Å². The van der Waals surface area contributed by atoms with Gasteiger partial charge < -0.3 is 5.32 Å². The van der Waals surface area contributed by atoms with Gasteiger partial charge in [-0.15, -0.1) is 0 Å². The summed E-state index contributed by atoms with van der Waals surface area (Å²) in [7, 11) is -0.576. The van der Waals surface area contributed by atoms with Gasteiger partial charge in [0.15, 0.2) is 0 Å². The first-order valence-corrected chi connectivity index (χ1v) is 9.23. The molecule has 3 unspecified atom stereocenters. The molecule has 0 aromatic carbocycles. The van der Waals surface area contributed by atoms with E-state index in [9.17, 15) is 4.21 Å². The van der Waals surface area contributed by atoms with Gasteiger partial charge in [0.25, 0.3) is 0 Å². The van der Waals surface area contributed by atoms with Crippen LogP contribution < -0.4 is 5.32 Å². The normalized spacial score (nSPS) is 58.9. The third-order valence-corrected chi connectivity index (χ3v) is 7.68. The zero-order valence-electron chi connectivity index (χ0n) is 11.4. The molecule has 0 amide bonds. The van der Waals surface area contributed by atoms with Gasteiger partial charge in [-0.1, -0.05) is 0 Å². The molecule has 1 heterocycles. The Morgan fingerprint density at radius 1 is 1.00 bits per heavy atom. The van der Waals surface area contributed by atoms with Crippen LogP contribution in [0.2, 0.25) is 0 Å². The average Bonchev–Trinajstić information content (AvgIpc) is 2.25. The van der Waals surface area contributed by atoms with Gasteiger partial charge in [-0.25, -0.2) is 0 Å². The van der Waals surface area contributed by atoms with Crippen molar-refractivity contribution in [1.82, 2.24) is 5.32 Å². The molecule has 1 N–H and O–H groups in total. The molecule has 5 aliphatic rings. The molecule has 0 aromatic rings. The van der Waals surface area contributed by atoms with Crippen LogP contribution in [0.15, 0.2) is 0 Å². The van der Waals surface area contributed by atoms with Crippen molar-refractivity contribution in [1.29, 1.82) is 0 Å². The molecule has 102 valence electrons. The summed E-state index contributed by atoms with van der Waals surface area (Å²) < 4.78 is 12.0. The van der Waals surface area contributed by atoms with E-state index < -0.39 is 10.8 Å². The van der Waals surface area contributed by atoms with E-state index in [4.69, 9.17) is 0 Å². The van der Waals surface area contributed by atoms with Crippen molar-refractivity contribution in [2.24, 2.45) is 23.2 Å². The van der Waals surface area contributed by atoms with E-state index in [2.05, 4.69) is 12.2 Å². The fourth-order valence-corrected chi connectivity index (χ4v) is 7.54. The standard InChI is InChI=1S/C15H25NOS/c1-10-8-18(17)9-14(16-10)15-5-11-2-12(6-15)4-13(3-11)7-15/h10-14,16H,2-9H2,1H3. The monoisotopic (exact) mass is 267 g/mol. The van der Waals surface area contributed by atoms with Gasteiger partial charge in [0.1, 0.15) is 0 Å². The summed E-state index contributed by atoms with van der Waals surface area (Å²) in [6, 6.07) is 1.01. The van der Waals surface area contributed by atoms with Crippen LogP contribution in [-0.4, -0.2) is 27.8 Å². The minimum atomic E-state index is -0.576. The van der Waals surface area contributed by atoms with Gasteiger partial charge in [-0.3, -0.25) is 4.21 Å². The van der Waals surface area contributed by atoms with Gasteiger partial charge in [0, 0.05) is 34.4 Å². The molecule has 4 bridgehead atoms. The van der Waals surface area contributed by atoms with Crippen molar-refractivity contribution < 1.29 is 4.21 Å². The maximum atomic E-state index is 12.0. The van der Waals surface area contributed by atoms with E-state index in [0.717, 1.165) is 29.3 Å². The van der Waals surface area contributed by atoms with E-state index in [1.807, 2.05) is 0 Å². The summed E-state index contributed by atoms with van der Waals surface area (Å²) in [6.07, 6.45) is 8.81. The van der Waals surface area contributed by atoms with Crippen molar-refractivity contribution >= 4 is 10.8 Å². The van der Waals surface area contributed by atoms with Crippen LogP contribution in [0.5, 0.6) is 0 Å². The lowest BCUT2D eigenvalue weighted by Gasteiger charge is -2.60. The Labute approximate surface area is 113 Å². The van der Waals surface area contributed by atoms with Crippen LogP contribution >= 0.6 is 0 Å². The average molecular weight is 267 g/mol. The lowest BCUT2D eigenvalue weighted by atomic mass is 9.48. The second-order valence-corrected chi connectivity index (χ2v) is 9.22. The summed E-state index contributed by atoms with van der Waals surface area (Å²) in [5, 5.41) is 3.81. The highest BCUT2D eigenvalue weighted by Gasteiger charge is 2.54. The van der Waals surface area contributed by atoms with E-state index in [0.29, 0.717) is 17.5 Å². The molecule has 0 spiro atoms. The zero-order valence-corrected chi connectivity index (χ0v) is 12.2. The summed E-state index contributed by atoms with van der Waals surface area (Å²) >= 11 is 0. The van der Waals surface area contributed by atoms with Crippen LogP contribution in [0, 0.1) is 23.2 Å². The highest BCUT2D eigenvalue weighted by molar-refractivity contribution is 7.85. The van der Waals surface area contributed by atoms with Crippen LogP contribution in [-0.2, 0) is 10.8 Å². The maximum Gasteiger partial charge on any atom is 0.0394 e. The number of nitrogens with one attached hydrogen (secondary N) is 1. The minimum absolute atomic E-state index is 0.456. The van der Waals surface area contributed by atoms with Crippen LogP contribution in [0.4, 0.5) is 0 Å². The summed E-state index contributed by atoms with van der Waals surface area (Å²) in [6.45, 7) is 2.21. The van der Waals surface area contributed by atoms with Crippen LogP contribution in [0.3, 0.4) is 0 Å². The third-order valence-electron chi connectivity index (χ3n) is 6.10. The number of hydrogen-bond donors (Lipinski definition) is 1. The summed E-state index contributed by atoms with van der Waals surface area (Å²) in [5.74, 6) is 4.80. The lowest BCUT2D eigenvalue weighted by molar-refractivity contribution is -0.0713. The maximum absolute atomic E-state index is 12.0. The molecule has 3 heteroatoms. The predicted octanol–water partition coefficient (Wildman–Crippen LogP) is 2.31. The van der Waals surface area contributed by atoms with Gasteiger partial charge in [-0.2, -0.15) is 0 Å². The Hall–Kier alpha value is 0.110. The van der Waals surface area contributed by atoms with E-state index >= 15 is 0 Å². The second-order valence-electron chi connectivity index (χ2n) is 7.67. The first-order valence-electron chi connectivity index (χ1n) is 7.74. The molecule has 4 saturated carbocycles. The van der Waals surface area contributed by atoms with Crippen LogP contribution in [0.25, 0.3) is 0 Å². The number of rotatable bonds is 1. The molecule has 18 heavy (non-hydrogen) atoms. The quantitative estimate of drug-likeness (QED) is 0.790. The van der Waals surface area contributed by atoms with E-state index in [-0.39, 0.29) is 0 Å². The van der Waals surface area contributed by atoms with E-state index in [1.54, 1.807) is 0 Å². The molecule has 5 fully saturated rings. The molecule has 1 saturated heterocycles. The Kier molecular flexibility index (Phi) is 2.68. The predicted molar refractivity (Wildman–Crippen MR) is 74.9 cm³/mol. The third kappa shape index (κ3) is 1.81. The lowest BCUT2D eigenvalue weighted by Crippen LogP contribution is -2.61. The largest absolute Gasteiger partial charge is 0.309 e. The molecule has 5 rings (SSSR count). The number of hydrogen-bond acceptors (Lipinski definition) is 2. The molecule has 2 nitrogen and oxygen atoms in total. The van der Waals surface area contributed by atoms with Crippen molar-refractivity contribution in [2.45, 2.75) is 57.5 Å². The SMILES string of the molecule is CC1CS(=O)CC(C23CC4CC(CC(C4)C2)C3)N1. The first-order chi connectivity index (χ1) is 8.63. The van der Waals surface area contributed by atoms with Crippen molar-refractivity contribution in [3.63, 3.8) is 0 Å². The second kappa shape index (κ2) is 4.05. The van der Waals surface area contributed by atoms with Gasteiger partial charge in [0.05, 0.1) is 0 Å². The zero-order chi connectivity index (χ0) is 12.3. The molecular weight excluding hydrogens is 242 g/mol. The van der Waals surface area contributed by atoms with Crippen LogP contribution in [0.1, 0.15) is 45.4 Å². The Bertz CT molecular complexity index is 345. The van der Waals surface area contributed by atoms with E-state index in [1.165, 1.54) is 38.5 Å². The fourth-order valence-electron chi connectivity index (χ4n) is 5.93. The Morgan fingerprint density at radius 2 is 1.56 bits per heavy atom. The summed E-state index contributed by atoms with van der Waals surface area (Å²) in [4.78, 5) is 0. The summed E-state index contributed by atoms with van der Waals surface area (Å²) in [5.41, 5.74) is 0.527. The highest BCUT2D eigenvalue weighted by Crippen LogP contribution is 2.61. The molecule has 3 atom stereocenters. The molecule has 0 aromatic heterocycles. The molecule has 4 aliphatic carbocycles. The van der Waals surface area contributed by atoms with Crippen molar-refractivity contribution in [3.8, 4) is 0 Å². The van der Waals surface area contributed by atoms with Gasteiger partial charge in [0.2, 0.25) is 0 Å².